The molecule has 1 amide bonds. The molecule has 134 valence electrons. The zero-order chi connectivity index (χ0) is 18.7. The number of anilines is 1. The molecule has 0 aliphatic rings. The maximum absolute atomic E-state index is 12.7. The number of rotatable bonds is 4. The fourth-order valence-electron chi connectivity index (χ4n) is 2.39. The fourth-order valence-corrected chi connectivity index (χ4v) is 2.66. The Morgan fingerprint density at radius 2 is 2.00 bits per heavy atom. The van der Waals surface area contributed by atoms with Gasteiger partial charge in [-0.1, -0.05) is 29.8 Å². The molecule has 0 unspecified atom stereocenters. The second-order valence-electron chi connectivity index (χ2n) is 5.48. The monoisotopic (exact) mass is 380 g/mol. The Labute approximate surface area is 151 Å². The number of aromatic nitrogens is 1. The molecular weight excluding hydrogens is 369 g/mol. The van der Waals surface area contributed by atoms with Gasteiger partial charge in [0.2, 0.25) is 5.91 Å². The average Bonchev–Trinajstić information content (AvgIpc) is 3.08. The predicted molar refractivity (Wildman–Crippen MR) is 90.7 cm³/mol. The second kappa shape index (κ2) is 7.21. The van der Waals surface area contributed by atoms with Crippen LogP contribution in [0.25, 0.3) is 11.3 Å². The van der Waals surface area contributed by atoms with Gasteiger partial charge in [-0.05, 0) is 29.8 Å². The summed E-state index contributed by atoms with van der Waals surface area (Å²) >= 11 is 6.17. The van der Waals surface area contributed by atoms with Gasteiger partial charge in [0.05, 0.1) is 23.2 Å². The molecule has 2 aromatic carbocycles. The minimum absolute atomic E-state index is 0.189. The number of oxazole rings is 1. The highest BCUT2D eigenvalue weighted by Gasteiger charge is 2.30. The molecule has 0 saturated heterocycles. The van der Waals surface area contributed by atoms with Crippen LogP contribution in [0.3, 0.4) is 0 Å². The number of carbonyl (C=O) groups is 1. The largest absolute Gasteiger partial charge is 0.443 e. The number of nitrogens with one attached hydrogen (secondary N) is 1. The summed E-state index contributed by atoms with van der Waals surface area (Å²) in [6, 6.07) is 9.46. The molecule has 0 spiro atoms. The first-order chi connectivity index (χ1) is 12.3. The lowest BCUT2D eigenvalue weighted by Crippen LogP contribution is -2.15. The molecule has 0 radical (unpaired) electrons. The van der Waals surface area contributed by atoms with E-state index in [0.717, 1.165) is 12.1 Å². The highest BCUT2D eigenvalue weighted by molar-refractivity contribution is 6.33. The van der Waals surface area contributed by atoms with Crippen molar-refractivity contribution in [2.24, 2.45) is 0 Å². The van der Waals surface area contributed by atoms with Crippen LogP contribution in [0.4, 0.5) is 18.9 Å². The number of hydrogen-bond donors (Lipinski definition) is 1. The molecule has 0 saturated carbocycles. The van der Waals surface area contributed by atoms with Crippen molar-refractivity contribution < 1.29 is 22.4 Å². The molecule has 3 rings (SSSR count). The van der Waals surface area contributed by atoms with Gasteiger partial charge in [-0.25, -0.2) is 4.98 Å². The van der Waals surface area contributed by atoms with Gasteiger partial charge in [0.1, 0.15) is 0 Å². The van der Waals surface area contributed by atoms with Crippen LogP contribution >= 0.6 is 11.6 Å². The lowest BCUT2D eigenvalue weighted by Gasteiger charge is -2.10. The summed E-state index contributed by atoms with van der Waals surface area (Å²) in [7, 11) is 0. The summed E-state index contributed by atoms with van der Waals surface area (Å²) in [6.45, 7) is 0. The van der Waals surface area contributed by atoms with E-state index in [1.54, 1.807) is 12.1 Å². The maximum Gasteiger partial charge on any atom is 0.416 e. The second-order valence-corrected chi connectivity index (χ2v) is 5.89. The Hall–Kier alpha value is -2.80. The van der Waals surface area contributed by atoms with Crippen molar-refractivity contribution in [3.63, 3.8) is 0 Å². The quantitative estimate of drug-likeness (QED) is 0.677. The van der Waals surface area contributed by atoms with E-state index >= 15 is 0 Å². The van der Waals surface area contributed by atoms with E-state index in [1.165, 1.54) is 30.8 Å². The molecule has 1 aromatic heterocycles. The normalized spacial score (nSPS) is 11.4. The van der Waals surface area contributed by atoms with E-state index in [9.17, 15) is 18.0 Å². The van der Waals surface area contributed by atoms with Gasteiger partial charge in [-0.3, -0.25) is 4.79 Å². The number of alkyl halides is 3. The van der Waals surface area contributed by atoms with E-state index < -0.39 is 17.6 Å². The molecule has 1 heterocycles. The summed E-state index contributed by atoms with van der Waals surface area (Å²) in [5.74, 6) is 0.0321. The van der Waals surface area contributed by atoms with Gasteiger partial charge in [-0.2, -0.15) is 13.2 Å². The average molecular weight is 381 g/mol. The molecule has 0 fully saturated rings. The molecule has 0 atom stereocenters. The Kier molecular flexibility index (Phi) is 4.99. The summed E-state index contributed by atoms with van der Waals surface area (Å²) < 4.78 is 43.3. The van der Waals surface area contributed by atoms with Crippen molar-refractivity contribution in [2.45, 2.75) is 12.6 Å². The summed E-state index contributed by atoms with van der Waals surface area (Å²) in [4.78, 5) is 15.9. The predicted octanol–water partition coefficient (Wildman–Crippen LogP) is 5.20. The lowest BCUT2D eigenvalue weighted by molar-refractivity contribution is -0.137. The number of hydrogen-bond acceptors (Lipinski definition) is 3. The van der Waals surface area contributed by atoms with Gasteiger partial charge in [0.15, 0.2) is 12.2 Å². The van der Waals surface area contributed by atoms with E-state index in [-0.39, 0.29) is 12.0 Å². The van der Waals surface area contributed by atoms with Gasteiger partial charge in [0.25, 0.3) is 0 Å². The van der Waals surface area contributed by atoms with Crippen LogP contribution in [0.1, 0.15) is 11.1 Å². The summed E-state index contributed by atoms with van der Waals surface area (Å²) in [6.07, 6.45) is -1.86. The molecule has 0 aliphatic heterocycles. The number of amides is 1. The van der Waals surface area contributed by atoms with Gasteiger partial charge < -0.3 is 9.73 Å². The number of halogens is 4. The van der Waals surface area contributed by atoms with Crippen LogP contribution in [0.15, 0.2) is 59.5 Å². The fraction of sp³-hybridized carbons (Fsp3) is 0.111. The Balaban J connectivity index is 1.70. The minimum atomic E-state index is -4.45. The smallest absolute Gasteiger partial charge is 0.416 e. The third kappa shape index (κ3) is 4.23. The van der Waals surface area contributed by atoms with Crippen LogP contribution in [0, 0.1) is 0 Å². The van der Waals surface area contributed by atoms with E-state index in [2.05, 4.69) is 10.3 Å². The Morgan fingerprint density at radius 1 is 1.19 bits per heavy atom. The van der Waals surface area contributed by atoms with Gasteiger partial charge >= 0.3 is 6.18 Å². The minimum Gasteiger partial charge on any atom is -0.443 e. The maximum atomic E-state index is 12.7. The van der Waals surface area contributed by atoms with E-state index in [1.807, 2.05) is 0 Å². The molecule has 8 heteroatoms. The van der Waals surface area contributed by atoms with Crippen LogP contribution in [-0.4, -0.2) is 10.9 Å². The van der Waals surface area contributed by atoms with E-state index in [4.69, 9.17) is 16.0 Å². The first kappa shape index (κ1) is 18.0. The third-order valence-electron chi connectivity index (χ3n) is 3.57. The SMILES string of the molecule is O=C(Cc1cccc(C(F)(F)F)c1)Nc1ccc(-c2cnco2)c(Cl)c1. The third-order valence-corrected chi connectivity index (χ3v) is 3.88. The zero-order valence-corrected chi connectivity index (χ0v) is 13.9. The molecule has 3 aromatic rings. The lowest BCUT2D eigenvalue weighted by atomic mass is 10.1. The van der Waals surface area contributed by atoms with Gasteiger partial charge in [0, 0.05) is 11.3 Å². The summed E-state index contributed by atoms with van der Waals surface area (Å²) in [5.41, 5.74) is 0.513. The molecular formula is C18H12ClF3N2O2. The molecule has 0 bridgehead atoms. The molecule has 1 N–H and O–H groups in total. The highest BCUT2D eigenvalue weighted by atomic mass is 35.5. The Morgan fingerprint density at radius 3 is 2.65 bits per heavy atom. The van der Waals surface area contributed by atoms with Crippen LogP contribution < -0.4 is 5.32 Å². The first-order valence-corrected chi connectivity index (χ1v) is 7.85. The molecule has 0 aliphatic carbocycles. The zero-order valence-electron chi connectivity index (χ0n) is 13.2. The molecule has 26 heavy (non-hydrogen) atoms. The number of nitrogens with zero attached hydrogens (tertiary/aromatic N) is 1. The van der Waals surface area contributed by atoms with Crippen molar-refractivity contribution in [1.82, 2.24) is 4.98 Å². The van der Waals surface area contributed by atoms with Crippen LogP contribution in [0.5, 0.6) is 0 Å². The number of carbonyl (C=O) groups excluding carboxylic acids is 1. The first-order valence-electron chi connectivity index (χ1n) is 7.47. The Bertz CT molecular complexity index is 924. The highest BCUT2D eigenvalue weighted by Crippen LogP contribution is 2.31. The molecule has 4 nitrogen and oxygen atoms in total. The van der Waals surface area contributed by atoms with Gasteiger partial charge in [-0.15, -0.1) is 0 Å². The van der Waals surface area contributed by atoms with Crippen molar-refractivity contribution in [2.75, 3.05) is 5.32 Å². The van der Waals surface area contributed by atoms with E-state index in [0.29, 0.717) is 22.0 Å². The van der Waals surface area contributed by atoms with Crippen LogP contribution in [0.2, 0.25) is 5.02 Å². The topological polar surface area (TPSA) is 55.1 Å². The van der Waals surface area contributed by atoms with Crippen LogP contribution in [-0.2, 0) is 17.4 Å². The van der Waals surface area contributed by atoms with Crippen molar-refractivity contribution in [3.8, 4) is 11.3 Å². The van der Waals surface area contributed by atoms with Crippen molar-refractivity contribution >= 4 is 23.2 Å². The van der Waals surface area contributed by atoms with Crippen molar-refractivity contribution in [3.05, 3.63) is 71.2 Å². The summed E-state index contributed by atoms with van der Waals surface area (Å²) in [5, 5.41) is 2.96. The number of benzene rings is 2. The standard InChI is InChI=1S/C18H12ClF3N2O2/c19-15-8-13(4-5-14(15)16-9-23-10-26-16)24-17(25)7-11-2-1-3-12(6-11)18(20,21)22/h1-6,8-10H,7H2,(H,24,25). The van der Waals surface area contributed by atoms with Crippen molar-refractivity contribution in [1.29, 1.82) is 0 Å².